The number of aliphatic hydroxyl groups excluding tert-OH is 1. The second-order valence-corrected chi connectivity index (χ2v) is 22.7. The van der Waals surface area contributed by atoms with Crippen molar-refractivity contribution in [1.29, 1.82) is 0 Å². The Kier molecular flexibility index (Phi) is 54.5. The lowest BCUT2D eigenvalue weighted by molar-refractivity contribution is -0.161. The van der Waals surface area contributed by atoms with E-state index in [9.17, 15) is 28.9 Å². The van der Waals surface area contributed by atoms with E-state index in [2.05, 4.69) is 20.8 Å². The number of hydrogen-bond donors (Lipinski definition) is 2. The van der Waals surface area contributed by atoms with Crippen molar-refractivity contribution in [2.45, 2.75) is 341 Å². The molecule has 0 aliphatic carbocycles. The Hall–Kier alpha value is -1.52. The molecule has 0 aliphatic heterocycles. The van der Waals surface area contributed by atoms with E-state index >= 15 is 0 Å². The van der Waals surface area contributed by atoms with Gasteiger partial charge < -0.3 is 24.2 Å². The fraction of sp³-hybridized carbons (Fsp3) is 0.950. The molecule has 12 heteroatoms. The van der Waals surface area contributed by atoms with E-state index in [4.69, 9.17) is 23.3 Å². The van der Waals surface area contributed by atoms with Crippen molar-refractivity contribution < 1.29 is 52.2 Å². The zero-order valence-electron chi connectivity index (χ0n) is 47.4. The van der Waals surface area contributed by atoms with Gasteiger partial charge in [-0.25, -0.2) is 4.57 Å². The lowest BCUT2D eigenvalue weighted by Gasteiger charge is -2.21. The monoisotopic (exact) mass is 1040 g/mol. The normalized spacial score (nSPS) is 13.2. The Labute approximate surface area is 443 Å². The van der Waals surface area contributed by atoms with Gasteiger partial charge in [0.1, 0.15) is 12.7 Å². The van der Waals surface area contributed by atoms with E-state index < -0.39 is 57.8 Å². The third-order valence-corrected chi connectivity index (χ3v) is 15.0. The average Bonchev–Trinajstić information content (AvgIpc) is 3.37. The quantitative estimate of drug-likeness (QED) is 0.0259. The van der Waals surface area contributed by atoms with E-state index in [1.807, 2.05) is 0 Å². The molecule has 2 N–H and O–H groups in total. The highest BCUT2D eigenvalue weighted by molar-refractivity contribution is 7.47. The standard InChI is InChI=1S/C60H117O11P/c1-4-7-10-13-16-19-22-25-26-27-28-29-30-33-34-37-40-43-46-49-58(62)67-53-57(71-60(64)51-48-45-42-39-36-32-24-21-18-15-12-9-6-3)55-69-72(65,66)68-54-56(52-61)70-59(63)50-47-44-41-38-35-31-23-20-17-14-11-8-5-2/h56-57,61H,4-55H2,1-3H3,(H,65,66). The first-order valence-electron chi connectivity index (χ1n) is 30.9. The number of esters is 3. The van der Waals surface area contributed by atoms with Crippen LogP contribution < -0.4 is 0 Å². The van der Waals surface area contributed by atoms with Crippen molar-refractivity contribution in [2.24, 2.45) is 0 Å². The molecule has 0 aromatic heterocycles. The molecule has 0 aromatic rings. The minimum absolute atomic E-state index is 0.178. The summed E-state index contributed by atoms with van der Waals surface area (Å²) in [5, 5.41) is 9.81. The number of carbonyl (C=O) groups is 3. The third-order valence-electron chi connectivity index (χ3n) is 14.0. The first-order valence-corrected chi connectivity index (χ1v) is 32.4. The van der Waals surface area contributed by atoms with Crippen LogP contribution in [0.25, 0.3) is 0 Å². The van der Waals surface area contributed by atoms with Crippen molar-refractivity contribution in [3.05, 3.63) is 0 Å². The Morgan fingerprint density at radius 1 is 0.333 bits per heavy atom. The Balaban J connectivity index is 4.60. The maximum Gasteiger partial charge on any atom is 0.472 e. The minimum Gasteiger partial charge on any atom is -0.462 e. The lowest BCUT2D eigenvalue weighted by atomic mass is 10.0. The van der Waals surface area contributed by atoms with Crippen LogP contribution in [-0.4, -0.2) is 66.5 Å². The minimum atomic E-state index is -4.73. The van der Waals surface area contributed by atoms with E-state index in [1.54, 1.807) is 0 Å². The summed E-state index contributed by atoms with van der Waals surface area (Å²) < 4.78 is 39.6. The third kappa shape index (κ3) is 53.3. The molecule has 0 amide bonds. The smallest absolute Gasteiger partial charge is 0.462 e. The summed E-state index contributed by atoms with van der Waals surface area (Å²) in [6.07, 6.45) is 53.4. The van der Waals surface area contributed by atoms with Gasteiger partial charge in [-0.3, -0.25) is 23.4 Å². The fourth-order valence-corrected chi connectivity index (χ4v) is 10.1. The molecule has 0 aliphatic rings. The van der Waals surface area contributed by atoms with Crippen molar-refractivity contribution in [3.8, 4) is 0 Å². The molecule has 0 spiro atoms. The van der Waals surface area contributed by atoms with Crippen LogP contribution in [0.15, 0.2) is 0 Å². The van der Waals surface area contributed by atoms with E-state index in [0.29, 0.717) is 19.3 Å². The molecular weight excluding hydrogens is 928 g/mol. The van der Waals surface area contributed by atoms with Crippen LogP contribution in [0.4, 0.5) is 0 Å². The van der Waals surface area contributed by atoms with E-state index in [1.165, 1.54) is 212 Å². The van der Waals surface area contributed by atoms with Gasteiger partial charge in [-0.1, -0.05) is 290 Å². The van der Waals surface area contributed by atoms with Crippen molar-refractivity contribution >= 4 is 25.7 Å². The number of hydrogen-bond acceptors (Lipinski definition) is 10. The molecule has 428 valence electrons. The first kappa shape index (κ1) is 70.5. The van der Waals surface area contributed by atoms with Gasteiger partial charge in [0, 0.05) is 19.3 Å². The van der Waals surface area contributed by atoms with Crippen molar-refractivity contribution in [1.82, 2.24) is 0 Å². The first-order chi connectivity index (χ1) is 35.2. The molecular formula is C60H117O11P. The van der Waals surface area contributed by atoms with Crippen molar-refractivity contribution in [2.75, 3.05) is 26.4 Å². The van der Waals surface area contributed by atoms with Crippen LogP contribution in [0.1, 0.15) is 329 Å². The van der Waals surface area contributed by atoms with Gasteiger partial charge in [0.15, 0.2) is 6.10 Å². The number of phosphoric acid groups is 1. The zero-order valence-corrected chi connectivity index (χ0v) is 48.3. The number of aliphatic hydroxyl groups is 1. The van der Waals surface area contributed by atoms with Crippen LogP contribution in [-0.2, 0) is 42.2 Å². The summed E-state index contributed by atoms with van der Waals surface area (Å²) >= 11 is 0. The SMILES string of the molecule is CCCCCCCCCCCCCCCCCCCCCC(=O)OCC(COP(=O)(O)OCC(CO)OC(=O)CCCCCCCCCCCCCCC)OC(=O)CCCCCCCCCCCCCCC. The van der Waals surface area contributed by atoms with E-state index in [0.717, 1.165) is 57.8 Å². The van der Waals surface area contributed by atoms with Gasteiger partial charge in [0.05, 0.1) is 19.8 Å². The van der Waals surface area contributed by atoms with Crippen LogP contribution in [0.3, 0.4) is 0 Å². The second-order valence-electron chi connectivity index (χ2n) is 21.2. The topological polar surface area (TPSA) is 155 Å². The molecule has 0 bridgehead atoms. The highest BCUT2D eigenvalue weighted by Crippen LogP contribution is 2.43. The lowest BCUT2D eigenvalue weighted by Crippen LogP contribution is -2.30. The zero-order chi connectivity index (χ0) is 52.7. The van der Waals surface area contributed by atoms with Crippen LogP contribution in [0.2, 0.25) is 0 Å². The van der Waals surface area contributed by atoms with Gasteiger partial charge in [0.25, 0.3) is 0 Å². The predicted octanol–water partition coefficient (Wildman–Crippen LogP) is 18.3. The van der Waals surface area contributed by atoms with Crippen LogP contribution in [0.5, 0.6) is 0 Å². The Morgan fingerprint density at radius 2 is 0.556 bits per heavy atom. The number of unbranched alkanes of at least 4 members (excludes halogenated alkanes) is 42. The largest absolute Gasteiger partial charge is 0.472 e. The van der Waals surface area contributed by atoms with Gasteiger partial charge in [-0.05, 0) is 19.3 Å². The Morgan fingerprint density at radius 3 is 0.819 bits per heavy atom. The fourth-order valence-electron chi connectivity index (χ4n) is 9.30. The molecule has 72 heavy (non-hydrogen) atoms. The van der Waals surface area contributed by atoms with E-state index in [-0.39, 0.29) is 25.9 Å². The summed E-state index contributed by atoms with van der Waals surface area (Å²) in [5.74, 6) is -1.42. The van der Waals surface area contributed by atoms with Gasteiger partial charge in [-0.2, -0.15) is 0 Å². The van der Waals surface area contributed by atoms with Crippen LogP contribution in [0, 0.1) is 0 Å². The molecule has 11 nitrogen and oxygen atoms in total. The molecule has 3 atom stereocenters. The van der Waals surface area contributed by atoms with Gasteiger partial charge in [0.2, 0.25) is 0 Å². The number of rotatable bonds is 59. The summed E-state index contributed by atoms with van der Waals surface area (Å²) in [7, 11) is -4.73. The van der Waals surface area contributed by atoms with Gasteiger partial charge in [-0.15, -0.1) is 0 Å². The average molecular weight is 1050 g/mol. The van der Waals surface area contributed by atoms with Crippen molar-refractivity contribution in [3.63, 3.8) is 0 Å². The molecule has 0 aromatic carbocycles. The predicted molar refractivity (Wildman–Crippen MR) is 298 cm³/mol. The molecule has 0 saturated heterocycles. The molecule has 0 rings (SSSR count). The summed E-state index contributed by atoms with van der Waals surface area (Å²) in [6, 6.07) is 0. The highest BCUT2D eigenvalue weighted by Gasteiger charge is 2.28. The maximum atomic E-state index is 12.9. The summed E-state index contributed by atoms with van der Waals surface area (Å²) in [5.41, 5.74) is 0. The number of ether oxygens (including phenoxy) is 3. The number of phosphoric ester groups is 1. The molecule has 0 heterocycles. The molecule has 0 saturated carbocycles. The highest BCUT2D eigenvalue weighted by atomic mass is 31.2. The molecule has 0 radical (unpaired) electrons. The van der Waals surface area contributed by atoms with Gasteiger partial charge >= 0.3 is 25.7 Å². The summed E-state index contributed by atoms with van der Waals surface area (Å²) in [4.78, 5) is 48.6. The van der Waals surface area contributed by atoms with Crippen LogP contribution >= 0.6 is 7.82 Å². The summed E-state index contributed by atoms with van der Waals surface area (Å²) in [6.45, 7) is 4.73. The molecule has 0 fully saturated rings. The number of carbonyl (C=O) groups excluding carboxylic acids is 3. The second kappa shape index (κ2) is 55.7. The maximum absolute atomic E-state index is 12.9. The Bertz CT molecular complexity index is 1220. The molecule has 3 unspecified atom stereocenters.